The molecule has 6 heteroatoms. The molecule has 1 saturated carbocycles. The molecule has 140 valence electrons. The van der Waals surface area contributed by atoms with E-state index < -0.39 is 11.6 Å². The van der Waals surface area contributed by atoms with E-state index in [1.165, 1.54) is 0 Å². The molecule has 2 N–H and O–H groups in total. The number of amides is 4. The highest BCUT2D eigenvalue weighted by molar-refractivity contribution is 6.10. The Morgan fingerprint density at radius 3 is 2.62 bits per heavy atom. The number of carbonyl (C=O) groups is 3. The molecule has 0 radical (unpaired) electrons. The molecule has 1 aliphatic carbocycles. The quantitative estimate of drug-likeness (QED) is 0.816. The van der Waals surface area contributed by atoms with Gasteiger partial charge in [-0.2, -0.15) is 0 Å². The van der Waals surface area contributed by atoms with Gasteiger partial charge >= 0.3 is 6.03 Å². The van der Waals surface area contributed by atoms with Crippen LogP contribution < -0.4 is 10.6 Å². The molecule has 1 aromatic rings. The van der Waals surface area contributed by atoms with E-state index in [4.69, 9.17) is 0 Å². The van der Waals surface area contributed by atoms with Gasteiger partial charge in [0, 0.05) is 5.69 Å². The van der Waals surface area contributed by atoms with E-state index in [0.717, 1.165) is 16.9 Å². The van der Waals surface area contributed by atoms with Crippen molar-refractivity contribution in [2.45, 2.75) is 52.5 Å². The van der Waals surface area contributed by atoms with Gasteiger partial charge in [0.05, 0.1) is 0 Å². The van der Waals surface area contributed by atoms with Gasteiger partial charge in [0.15, 0.2) is 0 Å². The van der Waals surface area contributed by atoms with Crippen LogP contribution in [0, 0.1) is 18.3 Å². The maximum atomic E-state index is 13.0. The summed E-state index contributed by atoms with van der Waals surface area (Å²) >= 11 is 0. The van der Waals surface area contributed by atoms with Gasteiger partial charge in [-0.05, 0) is 49.1 Å². The highest BCUT2D eigenvalue weighted by Gasteiger charge is 2.56. The summed E-state index contributed by atoms with van der Waals surface area (Å²) < 4.78 is 0. The monoisotopic (exact) mass is 357 g/mol. The van der Waals surface area contributed by atoms with Crippen molar-refractivity contribution in [3.05, 3.63) is 29.8 Å². The molecular weight excluding hydrogens is 330 g/mol. The highest BCUT2D eigenvalue weighted by Crippen LogP contribution is 2.46. The van der Waals surface area contributed by atoms with Crippen LogP contribution in [0.25, 0.3) is 0 Å². The van der Waals surface area contributed by atoms with Crippen LogP contribution in [0.1, 0.15) is 45.6 Å². The first-order valence-electron chi connectivity index (χ1n) is 9.11. The summed E-state index contributed by atoms with van der Waals surface area (Å²) in [4.78, 5) is 38.9. The number of imide groups is 1. The van der Waals surface area contributed by atoms with E-state index in [1.54, 1.807) is 6.07 Å². The first kappa shape index (κ1) is 18.4. The van der Waals surface area contributed by atoms with E-state index in [2.05, 4.69) is 31.4 Å². The topological polar surface area (TPSA) is 78.5 Å². The Kier molecular flexibility index (Phi) is 4.54. The third-order valence-corrected chi connectivity index (χ3v) is 5.35. The third kappa shape index (κ3) is 3.45. The molecule has 0 unspecified atom stereocenters. The molecule has 1 saturated heterocycles. The number of urea groups is 1. The number of aryl methyl sites for hydroxylation is 1. The van der Waals surface area contributed by atoms with Crippen LogP contribution in [0.15, 0.2) is 24.3 Å². The molecule has 4 amide bonds. The zero-order chi connectivity index (χ0) is 19.1. The van der Waals surface area contributed by atoms with Crippen LogP contribution in [-0.2, 0) is 9.59 Å². The van der Waals surface area contributed by atoms with Crippen molar-refractivity contribution in [3.63, 3.8) is 0 Å². The van der Waals surface area contributed by atoms with E-state index in [0.29, 0.717) is 24.4 Å². The lowest BCUT2D eigenvalue weighted by Crippen LogP contribution is -2.54. The third-order valence-electron chi connectivity index (χ3n) is 5.35. The number of para-hydroxylation sites is 1. The molecule has 2 aliphatic rings. The van der Waals surface area contributed by atoms with Gasteiger partial charge in [0.1, 0.15) is 12.1 Å². The summed E-state index contributed by atoms with van der Waals surface area (Å²) in [6.07, 6.45) is 2.24. The average Bonchev–Trinajstić information content (AvgIpc) is 2.71. The zero-order valence-electron chi connectivity index (χ0n) is 15.9. The van der Waals surface area contributed by atoms with Crippen LogP contribution in [0.5, 0.6) is 0 Å². The van der Waals surface area contributed by atoms with Crippen LogP contribution in [0.2, 0.25) is 0 Å². The summed E-state index contributed by atoms with van der Waals surface area (Å²) in [6, 6.07) is 6.94. The Morgan fingerprint density at radius 1 is 1.27 bits per heavy atom. The molecule has 2 fully saturated rings. The largest absolute Gasteiger partial charge is 0.325 e. The highest BCUT2D eigenvalue weighted by atomic mass is 16.2. The predicted octanol–water partition coefficient (Wildman–Crippen LogP) is 3.07. The van der Waals surface area contributed by atoms with E-state index in [9.17, 15) is 14.4 Å². The van der Waals surface area contributed by atoms with Crippen LogP contribution in [-0.4, -0.2) is 34.8 Å². The van der Waals surface area contributed by atoms with Gasteiger partial charge < -0.3 is 10.6 Å². The number of hydrogen-bond donors (Lipinski definition) is 2. The molecule has 3 rings (SSSR count). The smallest absolute Gasteiger partial charge is 0.324 e. The van der Waals surface area contributed by atoms with Gasteiger partial charge in [0.25, 0.3) is 5.91 Å². The molecule has 2 atom stereocenters. The lowest BCUT2D eigenvalue weighted by molar-refractivity contribution is -0.136. The molecule has 1 aromatic carbocycles. The van der Waals surface area contributed by atoms with Crippen molar-refractivity contribution in [1.82, 2.24) is 10.2 Å². The average molecular weight is 357 g/mol. The molecule has 26 heavy (non-hydrogen) atoms. The Morgan fingerprint density at radius 2 is 1.96 bits per heavy atom. The minimum atomic E-state index is -0.874. The summed E-state index contributed by atoms with van der Waals surface area (Å²) in [6.45, 7) is 7.98. The Bertz CT molecular complexity index is 758. The fraction of sp³-hybridized carbons (Fsp3) is 0.550. The number of carbonyl (C=O) groups excluding carboxylic acids is 3. The SMILES string of the molecule is Cc1ccccc1NC(=O)CN1C(=O)N[C@@]2(C[C@@H](C)CC(C)(C)C2)C1=O. The van der Waals surface area contributed by atoms with Gasteiger partial charge in [-0.3, -0.25) is 14.5 Å². The van der Waals surface area contributed by atoms with Gasteiger partial charge in [-0.15, -0.1) is 0 Å². The van der Waals surface area contributed by atoms with Crippen LogP contribution >= 0.6 is 0 Å². The van der Waals surface area contributed by atoms with Crippen LogP contribution in [0.4, 0.5) is 10.5 Å². The number of nitrogens with zero attached hydrogens (tertiary/aromatic N) is 1. The minimum Gasteiger partial charge on any atom is -0.324 e. The molecule has 1 aliphatic heterocycles. The molecule has 1 spiro atoms. The second kappa shape index (κ2) is 6.41. The number of nitrogens with one attached hydrogen (secondary N) is 2. The number of anilines is 1. The zero-order valence-corrected chi connectivity index (χ0v) is 15.9. The summed E-state index contributed by atoms with van der Waals surface area (Å²) in [7, 11) is 0. The van der Waals surface area contributed by atoms with E-state index in [1.807, 2.05) is 25.1 Å². The normalized spacial score (nSPS) is 27.5. The maximum Gasteiger partial charge on any atom is 0.325 e. The molecular formula is C20H27N3O3. The van der Waals surface area contributed by atoms with E-state index in [-0.39, 0.29) is 23.8 Å². The Hall–Kier alpha value is -2.37. The molecule has 0 aromatic heterocycles. The number of benzene rings is 1. The van der Waals surface area contributed by atoms with Crippen molar-refractivity contribution >= 4 is 23.5 Å². The van der Waals surface area contributed by atoms with Gasteiger partial charge in [0.2, 0.25) is 5.91 Å². The lowest BCUT2D eigenvalue weighted by atomic mass is 9.64. The first-order valence-corrected chi connectivity index (χ1v) is 9.11. The first-order chi connectivity index (χ1) is 12.1. The lowest BCUT2D eigenvalue weighted by Gasteiger charge is -2.43. The van der Waals surface area contributed by atoms with Crippen molar-refractivity contribution < 1.29 is 14.4 Å². The standard InChI is InChI=1S/C20H27N3O3/c1-13-9-19(3,4)12-20(10-13)17(25)23(18(26)22-20)11-16(24)21-15-8-6-5-7-14(15)2/h5-8,13H,9-12H2,1-4H3,(H,21,24)(H,22,26)/t13-,20+/m0/s1. The molecule has 6 nitrogen and oxygen atoms in total. The van der Waals surface area contributed by atoms with Crippen molar-refractivity contribution in [1.29, 1.82) is 0 Å². The fourth-order valence-electron chi connectivity index (χ4n) is 4.70. The Labute approximate surface area is 154 Å². The molecule has 0 bridgehead atoms. The van der Waals surface area contributed by atoms with Crippen molar-refractivity contribution in [3.8, 4) is 0 Å². The predicted molar refractivity (Wildman–Crippen MR) is 99.6 cm³/mol. The second-order valence-corrected chi connectivity index (χ2v) is 8.62. The summed E-state index contributed by atoms with van der Waals surface area (Å²) in [5.41, 5.74) is 0.713. The van der Waals surface area contributed by atoms with Crippen molar-refractivity contribution in [2.75, 3.05) is 11.9 Å². The van der Waals surface area contributed by atoms with Gasteiger partial charge in [-0.1, -0.05) is 39.0 Å². The van der Waals surface area contributed by atoms with Gasteiger partial charge in [-0.25, -0.2) is 4.79 Å². The summed E-state index contributed by atoms with van der Waals surface area (Å²) in [5, 5.41) is 5.67. The number of hydrogen-bond acceptors (Lipinski definition) is 3. The fourth-order valence-corrected chi connectivity index (χ4v) is 4.70. The second-order valence-electron chi connectivity index (χ2n) is 8.62. The Balaban J connectivity index is 1.73. The molecule has 1 heterocycles. The van der Waals surface area contributed by atoms with Crippen molar-refractivity contribution in [2.24, 2.45) is 11.3 Å². The summed E-state index contributed by atoms with van der Waals surface area (Å²) in [5.74, 6) is -0.311. The number of rotatable bonds is 3. The minimum absolute atomic E-state index is 0.0278. The van der Waals surface area contributed by atoms with E-state index >= 15 is 0 Å². The van der Waals surface area contributed by atoms with Crippen LogP contribution in [0.3, 0.4) is 0 Å². The maximum absolute atomic E-state index is 13.0.